The Labute approximate surface area is 54.1 Å². The van der Waals surface area contributed by atoms with Crippen LogP contribution in [0.15, 0.2) is 0 Å². The second-order valence-electron chi connectivity index (χ2n) is 1.53. The van der Waals surface area contributed by atoms with Gasteiger partial charge in [0, 0.05) is 6.54 Å². The normalized spacial score (nSPS) is 9.67. The number of hydrogen-bond donors (Lipinski definition) is 3. The van der Waals surface area contributed by atoms with Crippen LogP contribution < -0.4 is 16.8 Å². The van der Waals surface area contributed by atoms with E-state index >= 15 is 0 Å². The molecule has 0 aromatic rings. The Bertz CT molecular complexity index is 77.0. The van der Waals surface area contributed by atoms with Crippen molar-refractivity contribution in [2.75, 3.05) is 6.54 Å². The quantitative estimate of drug-likeness (QED) is 0.248. The molecule has 0 unspecified atom stereocenters. The number of nitrogens with two attached hydrogens (primary N) is 1. The van der Waals surface area contributed by atoms with E-state index in [-0.39, 0.29) is 0 Å². The van der Waals surface area contributed by atoms with Crippen LogP contribution in [0.1, 0.15) is 13.3 Å². The average Bonchev–Trinajstić information content (AvgIpc) is 1.88. The SMILES string of the molecule is CCCN(NN)NC=O. The van der Waals surface area contributed by atoms with E-state index in [4.69, 9.17) is 5.84 Å². The molecule has 0 aromatic heterocycles. The van der Waals surface area contributed by atoms with Gasteiger partial charge < -0.3 is 0 Å². The fourth-order valence-corrected chi connectivity index (χ4v) is 0.454. The van der Waals surface area contributed by atoms with Gasteiger partial charge in [0.25, 0.3) is 0 Å². The number of hydrogen-bond acceptors (Lipinski definition) is 4. The largest absolute Gasteiger partial charge is 0.277 e. The third kappa shape index (κ3) is 3.89. The molecular formula is C4H12N4O. The Morgan fingerprint density at radius 3 is 2.78 bits per heavy atom. The van der Waals surface area contributed by atoms with Crippen LogP contribution in [0, 0.1) is 0 Å². The van der Waals surface area contributed by atoms with Gasteiger partial charge in [-0.2, -0.15) is 5.53 Å². The molecule has 0 aliphatic heterocycles. The van der Waals surface area contributed by atoms with Gasteiger partial charge in [-0.15, -0.1) is 5.12 Å². The van der Waals surface area contributed by atoms with Gasteiger partial charge >= 0.3 is 0 Å². The maximum absolute atomic E-state index is 9.80. The molecule has 0 aliphatic rings. The lowest BCUT2D eigenvalue weighted by molar-refractivity contribution is -0.115. The molecular weight excluding hydrogens is 120 g/mol. The lowest BCUT2D eigenvalue weighted by atomic mass is 10.5. The first-order valence-electron chi connectivity index (χ1n) is 2.78. The molecule has 0 rings (SSSR count). The van der Waals surface area contributed by atoms with Gasteiger partial charge in [0.15, 0.2) is 0 Å². The zero-order valence-corrected chi connectivity index (χ0v) is 5.42. The van der Waals surface area contributed by atoms with Crippen LogP contribution >= 0.6 is 0 Å². The summed E-state index contributed by atoms with van der Waals surface area (Å²) >= 11 is 0. The summed E-state index contributed by atoms with van der Waals surface area (Å²) in [5, 5.41) is 1.40. The maximum atomic E-state index is 9.80. The molecule has 0 atom stereocenters. The summed E-state index contributed by atoms with van der Waals surface area (Å²) in [4.78, 5) is 9.80. The predicted octanol–water partition coefficient (Wildman–Crippen LogP) is -1.26. The molecule has 0 aromatic carbocycles. The molecule has 4 N–H and O–H groups in total. The Morgan fingerprint density at radius 2 is 2.44 bits per heavy atom. The highest BCUT2D eigenvalue weighted by atomic mass is 16.1. The van der Waals surface area contributed by atoms with Gasteiger partial charge in [-0.1, -0.05) is 6.92 Å². The van der Waals surface area contributed by atoms with Gasteiger partial charge in [-0.25, -0.2) is 0 Å². The summed E-state index contributed by atoms with van der Waals surface area (Å²) in [6, 6.07) is 0. The Hall–Kier alpha value is -0.650. The van der Waals surface area contributed by atoms with Crippen molar-refractivity contribution in [2.45, 2.75) is 13.3 Å². The molecule has 5 heteroatoms. The van der Waals surface area contributed by atoms with E-state index in [1.807, 2.05) is 6.92 Å². The smallest absolute Gasteiger partial charge is 0.222 e. The van der Waals surface area contributed by atoms with E-state index in [0.29, 0.717) is 13.0 Å². The summed E-state index contributed by atoms with van der Waals surface area (Å²) in [5.41, 5.74) is 4.64. The minimum Gasteiger partial charge on any atom is -0.277 e. The van der Waals surface area contributed by atoms with Crippen LogP contribution in [-0.2, 0) is 4.79 Å². The van der Waals surface area contributed by atoms with Crippen LogP contribution in [-0.4, -0.2) is 18.1 Å². The molecule has 1 amide bonds. The summed E-state index contributed by atoms with van der Waals surface area (Å²) in [5.74, 6) is 5.00. The number of carbonyl (C=O) groups is 1. The number of nitrogens with zero attached hydrogens (tertiary/aromatic N) is 1. The number of carbonyl (C=O) groups excluding carboxylic acids is 1. The number of nitrogens with one attached hydrogen (secondary N) is 2. The maximum Gasteiger partial charge on any atom is 0.222 e. The molecule has 0 saturated heterocycles. The molecule has 0 radical (unpaired) electrons. The Kier molecular flexibility index (Phi) is 5.09. The highest BCUT2D eigenvalue weighted by molar-refractivity contribution is 5.44. The summed E-state index contributed by atoms with van der Waals surface area (Å²) in [6.45, 7) is 2.67. The summed E-state index contributed by atoms with van der Waals surface area (Å²) < 4.78 is 0. The molecule has 0 saturated carbocycles. The van der Waals surface area contributed by atoms with Crippen LogP contribution in [0.5, 0.6) is 0 Å². The first-order valence-corrected chi connectivity index (χ1v) is 2.78. The van der Waals surface area contributed by atoms with Crippen molar-refractivity contribution in [3.63, 3.8) is 0 Å². The second kappa shape index (κ2) is 5.49. The highest BCUT2D eigenvalue weighted by Gasteiger charge is 1.94. The van der Waals surface area contributed by atoms with E-state index < -0.39 is 0 Å². The van der Waals surface area contributed by atoms with E-state index in [9.17, 15) is 4.79 Å². The lowest BCUT2D eigenvalue weighted by Gasteiger charge is -2.16. The first kappa shape index (κ1) is 8.35. The number of rotatable bonds is 5. The van der Waals surface area contributed by atoms with Crippen molar-refractivity contribution >= 4 is 6.41 Å². The fraction of sp³-hybridized carbons (Fsp3) is 0.750. The molecule has 5 nitrogen and oxygen atoms in total. The molecule has 0 fully saturated rings. The van der Waals surface area contributed by atoms with E-state index in [2.05, 4.69) is 11.0 Å². The Balaban J connectivity index is 3.28. The number of hydrazine groups is 3. The summed E-state index contributed by atoms with van der Waals surface area (Å²) in [6.07, 6.45) is 1.49. The third-order valence-corrected chi connectivity index (χ3v) is 0.812. The molecule has 0 heterocycles. The minimum atomic E-state index is 0.565. The van der Waals surface area contributed by atoms with Crippen molar-refractivity contribution in [3.05, 3.63) is 0 Å². The second-order valence-corrected chi connectivity index (χ2v) is 1.53. The van der Waals surface area contributed by atoms with Gasteiger partial charge in [0.05, 0.1) is 0 Å². The van der Waals surface area contributed by atoms with Gasteiger partial charge in [-0.05, 0) is 6.42 Å². The van der Waals surface area contributed by atoms with Crippen molar-refractivity contribution in [2.24, 2.45) is 5.84 Å². The number of amides is 1. The zero-order chi connectivity index (χ0) is 7.11. The van der Waals surface area contributed by atoms with Crippen molar-refractivity contribution < 1.29 is 4.79 Å². The molecule has 9 heavy (non-hydrogen) atoms. The van der Waals surface area contributed by atoms with Crippen LogP contribution in [0.3, 0.4) is 0 Å². The first-order chi connectivity index (χ1) is 4.35. The standard InChI is InChI=1S/C4H12N4O/c1-2-3-8(7-5)6-4-9/h4,7H,2-3,5H2,1H3,(H,6,9). The predicted molar refractivity (Wildman–Crippen MR) is 33.5 cm³/mol. The van der Waals surface area contributed by atoms with Crippen molar-refractivity contribution in [1.29, 1.82) is 0 Å². The van der Waals surface area contributed by atoms with Crippen LogP contribution in [0.25, 0.3) is 0 Å². The monoisotopic (exact) mass is 132 g/mol. The average molecular weight is 132 g/mol. The van der Waals surface area contributed by atoms with E-state index in [1.54, 1.807) is 0 Å². The van der Waals surface area contributed by atoms with Crippen molar-refractivity contribution in [1.82, 2.24) is 16.1 Å². The molecule has 0 spiro atoms. The molecule has 0 aliphatic carbocycles. The third-order valence-electron chi connectivity index (χ3n) is 0.812. The van der Waals surface area contributed by atoms with E-state index in [0.717, 1.165) is 6.42 Å². The van der Waals surface area contributed by atoms with Crippen molar-refractivity contribution in [3.8, 4) is 0 Å². The zero-order valence-electron chi connectivity index (χ0n) is 5.42. The van der Waals surface area contributed by atoms with Crippen LogP contribution in [0.2, 0.25) is 0 Å². The van der Waals surface area contributed by atoms with Gasteiger partial charge in [0.2, 0.25) is 6.41 Å². The highest BCUT2D eigenvalue weighted by Crippen LogP contribution is 1.75. The van der Waals surface area contributed by atoms with Crippen LogP contribution in [0.4, 0.5) is 0 Å². The molecule has 54 valence electrons. The van der Waals surface area contributed by atoms with E-state index in [1.165, 1.54) is 5.12 Å². The molecule has 0 bridgehead atoms. The van der Waals surface area contributed by atoms with Gasteiger partial charge in [-0.3, -0.25) is 16.1 Å². The Morgan fingerprint density at radius 1 is 1.78 bits per heavy atom. The fourth-order valence-electron chi connectivity index (χ4n) is 0.454. The van der Waals surface area contributed by atoms with Gasteiger partial charge in [0.1, 0.15) is 0 Å². The minimum absolute atomic E-state index is 0.565. The topological polar surface area (TPSA) is 70.4 Å². The summed E-state index contributed by atoms with van der Waals surface area (Å²) in [7, 11) is 0. The lowest BCUT2D eigenvalue weighted by Crippen LogP contribution is -2.51.